The van der Waals surface area contributed by atoms with Gasteiger partial charge in [-0.1, -0.05) is 18.2 Å². The van der Waals surface area contributed by atoms with Crippen LogP contribution >= 0.6 is 0 Å². The van der Waals surface area contributed by atoms with Gasteiger partial charge in [-0.25, -0.2) is 9.78 Å². The molecule has 156 valence electrons. The number of carbonyl (C=O) groups excluding carboxylic acids is 2. The number of nitrogens with zero attached hydrogens (tertiary/aromatic N) is 2. The summed E-state index contributed by atoms with van der Waals surface area (Å²) in [6.07, 6.45) is 0.924. The molecule has 0 aliphatic carbocycles. The Morgan fingerprint density at radius 2 is 1.80 bits per heavy atom. The predicted octanol–water partition coefficient (Wildman–Crippen LogP) is 2.62. The maximum Gasteiger partial charge on any atom is 0.411 e. The highest BCUT2D eigenvalue weighted by molar-refractivity contribution is 5.92. The summed E-state index contributed by atoms with van der Waals surface area (Å²) in [6, 6.07) is 13.7. The Morgan fingerprint density at radius 3 is 2.60 bits per heavy atom. The zero-order valence-electron chi connectivity index (χ0n) is 16.5. The lowest BCUT2D eigenvalue weighted by Crippen LogP contribution is -2.23. The van der Waals surface area contributed by atoms with Crippen molar-refractivity contribution in [2.24, 2.45) is 0 Å². The lowest BCUT2D eigenvalue weighted by Gasteiger charge is -2.10. The first kappa shape index (κ1) is 21.0. The predicted molar refractivity (Wildman–Crippen MR) is 113 cm³/mol. The van der Waals surface area contributed by atoms with Crippen molar-refractivity contribution in [1.29, 1.82) is 0 Å². The van der Waals surface area contributed by atoms with Gasteiger partial charge in [0.05, 0.1) is 23.8 Å². The van der Waals surface area contributed by atoms with Crippen LogP contribution < -0.4 is 16.2 Å². The van der Waals surface area contributed by atoms with E-state index in [4.69, 9.17) is 9.47 Å². The summed E-state index contributed by atoms with van der Waals surface area (Å²) in [7, 11) is 1.51. The largest absolute Gasteiger partial charge is 0.447 e. The van der Waals surface area contributed by atoms with Crippen LogP contribution in [-0.2, 0) is 20.8 Å². The lowest BCUT2D eigenvalue weighted by molar-refractivity contribution is -0.116. The summed E-state index contributed by atoms with van der Waals surface area (Å²) in [5.74, 6) is -0.269. The van der Waals surface area contributed by atoms with Crippen LogP contribution in [0.15, 0.2) is 59.7 Å². The van der Waals surface area contributed by atoms with Gasteiger partial charge in [0, 0.05) is 31.5 Å². The molecule has 0 saturated carbocycles. The number of rotatable bonds is 8. The molecule has 0 saturated heterocycles. The first-order chi connectivity index (χ1) is 14.6. The summed E-state index contributed by atoms with van der Waals surface area (Å²) in [6.45, 7) is 0.646. The van der Waals surface area contributed by atoms with Crippen molar-refractivity contribution < 1.29 is 19.1 Å². The standard InChI is InChI=1S/C21H22N4O5/c1-29-11-12-30-21(28)24-16-6-4-5-15(13-16)23-19(26)9-10-25-14-22-18-8-3-2-7-17(18)20(25)27/h2-8,13-14H,9-12H2,1H3,(H,23,26)(H,24,28). The van der Waals surface area contributed by atoms with Gasteiger partial charge in [-0.2, -0.15) is 0 Å². The fourth-order valence-corrected chi connectivity index (χ4v) is 2.76. The second-order valence-corrected chi connectivity index (χ2v) is 6.39. The minimum Gasteiger partial charge on any atom is -0.447 e. The number of carbonyl (C=O) groups is 2. The Labute approximate surface area is 172 Å². The Morgan fingerprint density at radius 1 is 1.03 bits per heavy atom. The van der Waals surface area contributed by atoms with Crippen LogP contribution in [0.5, 0.6) is 0 Å². The van der Waals surface area contributed by atoms with Crippen molar-refractivity contribution in [2.45, 2.75) is 13.0 Å². The Hall–Kier alpha value is -3.72. The summed E-state index contributed by atoms with van der Waals surface area (Å²) < 4.78 is 11.2. The molecule has 30 heavy (non-hydrogen) atoms. The number of anilines is 2. The number of amides is 2. The monoisotopic (exact) mass is 410 g/mol. The zero-order chi connectivity index (χ0) is 21.3. The van der Waals surface area contributed by atoms with Gasteiger partial charge in [-0.3, -0.25) is 19.5 Å². The molecule has 3 aromatic rings. The van der Waals surface area contributed by atoms with Crippen molar-refractivity contribution in [2.75, 3.05) is 31.0 Å². The van der Waals surface area contributed by atoms with Crippen molar-refractivity contribution in [1.82, 2.24) is 9.55 Å². The van der Waals surface area contributed by atoms with Crippen LogP contribution in [0.1, 0.15) is 6.42 Å². The fourth-order valence-electron chi connectivity index (χ4n) is 2.76. The molecule has 0 aliphatic heterocycles. The number of methoxy groups -OCH3 is 1. The normalized spacial score (nSPS) is 10.6. The molecule has 1 aromatic heterocycles. The van der Waals surface area contributed by atoms with Gasteiger partial charge in [0.1, 0.15) is 6.61 Å². The van der Waals surface area contributed by atoms with Crippen molar-refractivity contribution >= 4 is 34.3 Å². The van der Waals surface area contributed by atoms with Crippen molar-refractivity contribution in [3.8, 4) is 0 Å². The highest BCUT2D eigenvalue weighted by Gasteiger charge is 2.08. The second-order valence-electron chi connectivity index (χ2n) is 6.39. The van der Waals surface area contributed by atoms with Crippen LogP contribution in [0.25, 0.3) is 10.9 Å². The first-order valence-corrected chi connectivity index (χ1v) is 9.33. The average Bonchev–Trinajstić information content (AvgIpc) is 2.74. The molecule has 3 rings (SSSR count). The minimum absolute atomic E-state index is 0.0939. The molecular formula is C21H22N4O5. The SMILES string of the molecule is COCCOC(=O)Nc1cccc(NC(=O)CCn2cnc3ccccc3c2=O)c1. The fraction of sp³-hybridized carbons (Fsp3) is 0.238. The molecule has 0 radical (unpaired) electrons. The molecule has 0 aliphatic rings. The van der Waals surface area contributed by atoms with Crippen LogP contribution in [-0.4, -0.2) is 41.9 Å². The van der Waals surface area contributed by atoms with Crippen LogP contribution in [0, 0.1) is 0 Å². The number of ether oxygens (including phenoxy) is 2. The minimum atomic E-state index is -0.612. The highest BCUT2D eigenvalue weighted by atomic mass is 16.6. The van der Waals surface area contributed by atoms with E-state index in [1.54, 1.807) is 42.5 Å². The van der Waals surface area contributed by atoms with Gasteiger partial charge in [0.15, 0.2) is 0 Å². The number of nitrogens with one attached hydrogen (secondary N) is 2. The maximum absolute atomic E-state index is 12.5. The van der Waals surface area contributed by atoms with E-state index >= 15 is 0 Å². The van der Waals surface area contributed by atoms with E-state index in [2.05, 4.69) is 15.6 Å². The Balaban J connectivity index is 1.56. The van der Waals surface area contributed by atoms with Gasteiger partial charge in [-0.15, -0.1) is 0 Å². The first-order valence-electron chi connectivity index (χ1n) is 9.33. The van der Waals surface area contributed by atoms with E-state index in [9.17, 15) is 14.4 Å². The van der Waals surface area contributed by atoms with Crippen LogP contribution in [0.2, 0.25) is 0 Å². The van der Waals surface area contributed by atoms with Gasteiger partial charge in [-0.05, 0) is 30.3 Å². The summed E-state index contributed by atoms with van der Waals surface area (Å²) in [5, 5.41) is 5.83. The van der Waals surface area contributed by atoms with Crippen LogP contribution in [0.4, 0.5) is 16.2 Å². The van der Waals surface area contributed by atoms with E-state index in [1.165, 1.54) is 18.0 Å². The number of hydrogen-bond acceptors (Lipinski definition) is 6. The van der Waals surface area contributed by atoms with E-state index in [1.807, 2.05) is 6.07 Å². The Bertz CT molecular complexity index is 1100. The molecule has 1 heterocycles. The second kappa shape index (κ2) is 10.2. The molecule has 9 nitrogen and oxygen atoms in total. The molecule has 0 fully saturated rings. The third-order valence-electron chi connectivity index (χ3n) is 4.22. The van der Waals surface area contributed by atoms with Crippen molar-refractivity contribution in [3.63, 3.8) is 0 Å². The number of hydrogen-bond donors (Lipinski definition) is 2. The molecule has 0 spiro atoms. The van der Waals surface area contributed by atoms with Gasteiger partial charge in [0.25, 0.3) is 5.56 Å². The smallest absolute Gasteiger partial charge is 0.411 e. The molecular weight excluding hydrogens is 388 g/mol. The topological polar surface area (TPSA) is 112 Å². The van der Waals surface area contributed by atoms with Gasteiger partial charge < -0.3 is 14.8 Å². The number of benzene rings is 2. The van der Waals surface area contributed by atoms with Gasteiger partial charge in [0.2, 0.25) is 5.91 Å². The molecule has 2 N–H and O–H groups in total. The zero-order valence-corrected chi connectivity index (χ0v) is 16.5. The number of aryl methyl sites for hydroxylation is 1. The van der Waals surface area contributed by atoms with Crippen molar-refractivity contribution in [3.05, 3.63) is 65.2 Å². The third kappa shape index (κ3) is 5.65. The third-order valence-corrected chi connectivity index (χ3v) is 4.22. The molecule has 0 unspecified atom stereocenters. The van der Waals surface area contributed by atoms with E-state index in [0.717, 1.165) is 0 Å². The molecule has 2 amide bonds. The summed E-state index contributed by atoms with van der Waals surface area (Å²) in [4.78, 5) is 40.7. The van der Waals surface area contributed by atoms with Gasteiger partial charge >= 0.3 is 6.09 Å². The summed E-state index contributed by atoms with van der Waals surface area (Å²) in [5.41, 5.74) is 1.42. The van der Waals surface area contributed by atoms with Crippen LogP contribution in [0.3, 0.4) is 0 Å². The maximum atomic E-state index is 12.5. The molecule has 0 bridgehead atoms. The Kier molecular flexibility index (Phi) is 7.12. The lowest BCUT2D eigenvalue weighted by atomic mass is 10.2. The quantitative estimate of drug-likeness (QED) is 0.552. The van der Waals surface area contributed by atoms with E-state index in [0.29, 0.717) is 28.9 Å². The molecule has 2 aromatic carbocycles. The highest BCUT2D eigenvalue weighted by Crippen LogP contribution is 2.15. The van der Waals surface area contributed by atoms with E-state index < -0.39 is 6.09 Å². The number of aromatic nitrogens is 2. The molecule has 0 atom stereocenters. The molecule has 9 heteroatoms. The van der Waals surface area contributed by atoms with E-state index in [-0.39, 0.29) is 31.0 Å². The number of para-hydroxylation sites is 1. The average molecular weight is 410 g/mol. The summed E-state index contributed by atoms with van der Waals surface area (Å²) >= 11 is 0. The number of fused-ring (bicyclic) bond motifs is 1.